The van der Waals surface area contributed by atoms with E-state index in [1.165, 1.54) is 6.42 Å². The molecule has 0 aliphatic carbocycles. The predicted octanol–water partition coefficient (Wildman–Crippen LogP) is 2.38. The zero-order valence-corrected chi connectivity index (χ0v) is 10.1. The Kier molecular flexibility index (Phi) is 2.80. The number of alkyl halides is 1. The van der Waals surface area contributed by atoms with Gasteiger partial charge in [-0.05, 0) is 40.2 Å². The highest BCUT2D eigenvalue weighted by Crippen LogP contribution is 2.40. The fourth-order valence-corrected chi connectivity index (χ4v) is 2.80. The van der Waals surface area contributed by atoms with Gasteiger partial charge >= 0.3 is 0 Å². The van der Waals surface area contributed by atoms with Crippen molar-refractivity contribution in [2.24, 2.45) is 0 Å². The van der Waals surface area contributed by atoms with Crippen LogP contribution < -0.4 is 0 Å². The lowest BCUT2D eigenvalue weighted by Crippen LogP contribution is -2.44. The first kappa shape index (κ1) is 11.3. The van der Waals surface area contributed by atoms with Crippen molar-refractivity contribution in [2.75, 3.05) is 19.7 Å². The van der Waals surface area contributed by atoms with E-state index in [0.29, 0.717) is 19.6 Å². The Balaban J connectivity index is 1.99. The van der Waals surface area contributed by atoms with Crippen molar-refractivity contribution in [2.45, 2.75) is 57.3 Å². The topological polar surface area (TPSA) is 12.5 Å². The van der Waals surface area contributed by atoms with Crippen molar-refractivity contribution in [1.29, 1.82) is 0 Å². The van der Waals surface area contributed by atoms with Gasteiger partial charge in [0.2, 0.25) is 0 Å². The summed E-state index contributed by atoms with van der Waals surface area (Å²) in [6.45, 7) is 8.54. The zero-order valence-electron chi connectivity index (χ0n) is 10.1. The Morgan fingerprint density at radius 3 is 2.87 bits per heavy atom. The monoisotopic (exact) mass is 215 g/mol. The standard InChI is InChI=1S/C12H22FNO/c1-11(2,3)15-9-12-5-4-6-14(12)8-10(13)7-12/h10H,4-9H2,1-3H3/t10-,12?/m1/s1. The molecule has 0 amide bonds. The van der Waals surface area contributed by atoms with Crippen LogP contribution >= 0.6 is 0 Å². The molecule has 15 heavy (non-hydrogen) atoms. The maximum Gasteiger partial charge on any atom is 0.115 e. The van der Waals surface area contributed by atoms with Crippen molar-refractivity contribution < 1.29 is 9.13 Å². The first-order chi connectivity index (χ1) is 6.91. The van der Waals surface area contributed by atoms with E-state index in [4.69, 9.17) is 4.74 Å². The lowest BCUT2D eigenvalue weighted by atomic mass is 9.94. The molecular weight excluding hydrogens is 193 g/mol. The van der Waals surface area contributed by atoms with Gasteiger partial charge in [0, 0.05) is 18.5 Å². The number of hydrogen-bond acceptors (Lipinski definition) is 2. The first-order valence-electron chi connectivity index (χ1n) is 5.94. The Morgan fingerprint density at radius 1 is 1.47 bits per heavy atom. The number of ether oxygens (including phenoxy) is 1. The molecule has 2 rings (SSSR count). The van der Waals surface area contributed by atoms with Crippen LogP contribution in [-0.4, -0.2) is 41.9 Å². The van der Waals surface area contributed by atoms with Crippen LogP contribution in [0.25, 0.3) is 0 Å². The molecule has 0 N–H and O–H groups in total. The molecule has 2 aliphatic heterocycles. The molecule has 2 nitrogen and oxygen atoms in total. The van der Waals surface area contributed by atoms with E-state index in [1.807, 2.05) is 0 Å². The SMILES string of the molecule is CC(C)(C)OCC12CCCN1C[C@H](F)C2. The minimum atomic E-state index is -0.645. The minimum Gasteiger partial charge on any atom is -0.374 e. The Hall–Kier alpha value is -0.150. The van der Waals surface area contributed by atoms with Gasteiger partial charge < -0.3 is 4.74 Å². The van der Waals surface area contributed by atoms with Gasteiger partial charge in [-0.2, -0.15) is 0 Å². The molecule has 0 aromatic rings. The molecule has 0 radical (unpaired) electrons. The number of rotatable bonds is 2. The van der Waals surface area contributed by atoms with E-state index in [9.17, 15) is 4.39 Å². The van der Waals surface area contributed by atoms with E-state index in [-0.39, 0.29) is 11.1 Å². The second-order valence-electron chi connectivity index (χ2n) is 5.98. The molecule has 2 heterocycles. The third kappa shape index (κ3) is 2.34. The molecule has 2 atom stereocenters. The lowest BCUT2D eigenvalue weighted by Gasteiger charge is -2.34. The average molecular weight is 215 g/mol. The van der Waals surface area contributed by atoms with Crippen LogP contribution in [0.5, 0.6) is 0 Å². The smallest absolute Gasteiger partial charge is 0.115 e. The van der Waals surface area contributed by atoms with E-state index in [1.54, 1.807) is 0 Å². The van der Waals surface area contributed by atoms with Crippen LogP contribution in [0.3, 0.4) is 0 Å². The summed E-state index contributed by atoms with van der Waals surface area (Å²) in [5, 5.41) is 0. The maximum absolute atomic E-state index is 13.4. The molecule has 0 aromatic heterocycles. The Bertz CT molecular complexity index is 238. The third-order valence-electron chi connectivity index (χ3n) is 3.53. The summed E-state index contributed by atoms with van der Waals surface area (Å²) in [5.41, 5.74) is -0.0931. The van der Waals surface area contributed by atoms with Gasteiger partial charge in [0.05, 0.1) is 12.2 Å². The minimum absolute atomic E-state index is 0.0205. The van der Waals surface area contributed by atoms with Gasteiger partial charge in [-0.15, -0.1) is 0 Å². The van der Waals surface area contributed by atoms with Gasteiger partial charge in [0.15, 0.2) is 0 Å². The van der Waals surface area contributed by atoms with Crippen molar-refractivity contribution >= 4 is 0 Å². The van der Waals surface area contributed by atoms with Crippen molar-refractivity contribution in [1.82, 2.24) is 4.90 Å². The van der Waals surface area contributed by atoms with E-state index in [0.717, 1.165) is 13.0 Å². The van der Waals surface area contributed by atoms with Gasteiger partial charge in [0.1, 0.15) is 6.17 Å². The average Bonchev–Trinajstić information content (AvgIpc) is 2.55. The zero-order chi connectivity index (χ0) is 11.1. The van der Waals surface area contributed by atoms with Crippen LogP contribution in [0.4, 0.5) is 4.39 Å². The molecule has 0 saturated carbocycles. The molecule has 0 bridgehead atoms. The molecule has 2 saturated heterocycles. The fourth-order valence-electron chi connectivity index (χ4n) is 2.80. The number of fused-ring (bicyclic) bond motifs is 1. The largest absolute Gasteiger partial charge is 0.374 e. The Labute approximate surface area is 91.8 Å². The Morgan fingerprint density at radius 2 is 2.20 bits per heavy atom. The second kappa shape index (κ2) is 3.70. The molecular formula is C12H22FNO. The van der Waals surface area contributed by atoms with Crippen LogP contribution in [0.15, 0.2) is 0 Å². The quantitative estimate of drug-likeness (QED) is 0.701. The molecule has 2 aliphatic rings. The predicted molar refractivity (Wildman–Crippen MR) is 58.8 cm³/mol. The normalized spacial score (nSPS) is 37.2. The molecule has 3 heteroatoms. The summed E-state index contributed by atoms with van der Waals surface area (Å²) in [7, 11) is 0. The highest BCUT2D eigenvalue weighted by atomic mass is 19.1. The van der Waals surface area contributed by atoms with Crippen LogP contribution in [0, 0.1) is 0 Å². The molecule has 1 unspecified atom stereocenters. The third-order valence-corrected chi connectivity index (χ3v) is 3.53. The van der Waals surface area contributed by atoms with Gasteiger partial charge in [-0.1, -0.05) is 0 Å². The van der Waals surface area contributed by atoms with Crippen molar-refractivity contribution in [3.8, 4) is 0 Å². The van der Waals surface area contributed by atoms with Crippen LogP contribution in [0.2, 0.25) is 0 Å². The van der Waals surface area contributed by atoms with Gasteiger partial charge in [0.25, 0.3) is 0 Å². The fraction of sp³-hybridized carbons (Fsp3) is 1.00. The number of hydrogen-bond donors (Lipinski definition) is 0. The number of halogens is 1. The molecule has 0 aromatic carbocycles. The summed E-state index contributed by atoms with van der Waals surface area (Å²) in [6, 6.07) is 0. The van der Waals surface area contributed by atoms with Crippen molar-refractivity contribution in [3.05, 3.63) is 0 Å². The maximum atomic E-state index is 13.4. The van der Waals surface area contributed by atoms with Crippen LogP contribution in [-0.2, 0) is 4.74 Å². The molecule has 88 valence electrons. The lowest BCUT2D eigenvalue weighted by molar-refractivity contribution is -0.0525. The van der Waals surface area contributed by atoms with Gasteiger partial charge in [-0.3, -0.25) is 4.90 Å². The number of nitrogens with zero attached hydrogens (tertiary/aromatic N) is 1. The van der Waals surface area contributed by atoms with E-state index >= 15 is 0 Å². The highest BCUT2D eigenvalue weighted by molar-refractivity contribution is 5.03. The summed E-state index contributed by atoms with van der Waals surface area (Å²) in [5.74, 6) is 0. The van der Waals surface area contributed by atoms with Crippen molar-refractivity contribution in [3.63, 3.8) is 0 Å². The highest BCUT2D eigenvalue weighted by Gasteiger charge is 2.49. The molecule has 2 fully saturated rings. The second-order valence-corrected chi connectivity index (χ2v) is 5.98. The van der Waals surface area contributed by atoms with E-state index < -0.39 is 6.17 Å². The summed E-state index contributed by atoms with van der Waals surface area (Å²) < 4.78 is 19.3. The van der Waals surface area contributed by atoms with Crippen LogP contribution in [0.1, 0.15) is 40.0 Å². The summed E-state index contributed by atoms with van der Waals surface area (Å²) >= 11 is 0. The summed E-state index contributed by atoms with van der Waals surface area (Å²) in [4.78, 5) is 2.30. The summed E-state index contributed by atoms with van der Waals surface area (Å²) in [6.07, 6.45) is 2.32. The van der Waals surface area contributed by atoms with E-state index in [2.05, 4.69) is 25.7 Å². The van der Waals surface area contributed by atoms with Gasteiger partial charge in [-0.25, -0.2) is 4.39 Å². The first-order valence-corrected chi connectivity index (χ1v) is 5.94. The molecule has 0 spiro atoms.